The van der Waals surface area contributed by atoms with Crippen LogP contribution in [0, 0.1) is 67.0 Å². The van der Waals surface area contributed by atoms with E-state index in [0.717, 1.165) is 95.1 Å². The Morgan fingerprint density at radius 3 is 1.00 bits per heavy atom. The van der Waals surface area contributed by atoms with Crippen molar-refractivity contribution in [2.24, 2.45) is 0 Å². The molecule has 0 radical (unpaired) electrons. The molecule has 0 aliphatic heterocycles. The average Bonchev–Trinajstić information content (AvgIpc) is 3.21. The lowest BCUT2D eigenvalue weighted by Gasteiger charge is -2.33. The summed E-state index contributed by atoms with van der Waals surface area (Å²) in [6.45, 7) is 16.9. The topological polar surface area (TPSA) is 0 Å². The van der Waals surface area contributed by atoms with Crippen molar-refractivity contribution in [3.05, 3.63) is 175 Å². The Labute approximate surface area is 280 Å². The van der Waals surface area contributed by atoms with Gasteiger partial charge in [0.2, 0.25) is 0 Å². The minimum atomic E-state index is -0.954. The van der Waals surface area contributed by atoms with E-state index < -0.39 is 16.0 Å². The largest absolute Gasteiger partial charge is 0.207 e. The highest BCUT2D eigenvalue weighted by Gasteiger charge is 2.49. The number of hydrogen-bond acceptors (Lipinski definition) is 0. The summed E-state index contributed by atoms with van der Waals surface area (Å²) in [6, 6.07) is 30.3. The number of alkyl halides is 1. The molecule has 0 fully saturated rings. The number of rotatable bonds is 5. The number of allylic oxidation sites excluding steroid dienone is 4. The molecule has 5 aromatic carbocycles. The molecule has 1 atom stereocenters. The Bertz CT molecular complexity index is 1890. The molecule has 6 rings (SSSR count). The smallest absolute Gasteiger partial charge is 0.126 e. The van der Waals surface area contributed by atoms with E-state index in [1.807, 2.05) is 0 Å². The van der Waals surface area contributed by atoms with Gasteiger partial charge in [0.25, 0.3) is 0 Å². The Kier molecular flexibility index (Phi) is 8.27. The van der Waals surface area contributed by atoms with Gasteiger partial charge in [-0.25, -0.2) is 8.78 Å². The van der Waals surface area contributed by atoms with Gasteiger partial charge in [-0.15, -0.1) is 0 Å². The first kappa shape index (κ1) is 31.9. The SMILES string of the molecule is Cc1cc(C)cc(C2=C(c3cc(C)cc(C)c3)C(Br)(c3cc(C)cc(C)c3)C(c3cc(F)cc(F)c3)=C2c2cc(C)cc(C)c2)c1. The monoisotopic (exact) mass is 672 g/mol. The third-order valence-corrected chi connectivity index (χ3v) is 9.99. The molecule has 46 heavy (non-hydrogen) atoms. The Hall–Kier alpha value is -4.08. The molecule has 0 nitrogen and oxygen atoms in total. The molecule has 3 heteroatoms. The van der Waals surface area contributed by atoms with E-state index in [-0.39, 0.29) is 0 Å². The van der Waals surface area contributed by atoms with Crippen LogP contribution in [0.15, 0.2) is 91.0 Å². The quantitative estimate of drug-likeness (QED) is 0.163. The van der Waals surface area contributed by atoms with Gasteiger partial charge in [0.15, 0.2) is 0 Å². The van der Waals surface area contributed by atoms with Gasteiger partial charge in [0, 0.05) is 6.07 Å². The fourth-order valence-corrected chi connectivity index (χ4v) is 8.58. The number of benzene rings is 5. The second-order valence-electron chi connectivity index (χ2n) is 13.3. The minimum absolute atomic E-state index is 0.504. The van der Waals surface area contributed by atoms with Crippen LogP contribution in [-0.4, -0.2) is 0 Å². The molecule has 0 amide bonds. The molecule has 232 valence electrons. The first-order valence-electron chi connectivity index (χ1n) is 15.7. The van der Waals surface area contributed by atoms with Crippen LogP contribution in [0.4, 0.5) is 8.78 Å². The highest BCUT2D eigenvalue weighted by molar-refractivity contribution is 9.10. The van der Waals surface area contributed by atoms with E-state index in [1.165, 1.54) is 12.1 Å². The van der Waals surface area contributed by atoms with Crippen LogP contribution in [0.5, 0.6) is 0 Å². The molecule has 0 saturated heterocycles. The summed E-state index contributed by atoms with van der Waals surface area (Å²) in [4.78, 5) is 0. The zero-order chi connectivity index (χ0) is 33.1. The van der Waals surface area contributed by atoms with Gasteiger partial charge >= 0.3 is 0 Å². The lowest BCUT2D eigenvalue weighted by Crippen LogP contribution is -2.21. The van der Waals surface area contributed by atoms with Crippen molar-refractivity contribution in [1.82, 2.24) is 0 Å². The maximum atomic E-state index is 15.3. The van der Waals surface area contributed by atoms with Crippen LogP contribution >= 0.6 is 15.9 Å². The second kappa shape index (κ2) is 11.9. The molecule has 1 aliphatic rings. The minimum Gasteiger partial charge on any atom is -0.207 e. The van der Waals surface area contributed by atoms with Crippen LogP contribution in [-0.2, 0) is 4.32 Å². The maximum Gasteiger partial charge on any atom is 0.126 e. The molecule has 0 heterocycles. The van der Waals surface area contributed by atoms with Crippen molar-refractivity contribution in [2.45, 2.75) is 59.7 Å². The Morgan fingerprint density at radius 1 is 0.370 bits per heavy atom. The molecule has 1 aliphatic carbocycles. The molecule has 5 aromatic rings. The summed E-state index contributed by atoms with van der Waals surface area (Å²) in [5.41, 5.74) is 17.6. The van der Waals surface area contributed by atoms with Crippen molar-refractivity contribution < 1.29 is 8.78 Å². The Morgan fingerprint density at radius 2 is 0.652 bits per heavy atom. The molecule has 1 unspecified atom stereocenters. The summed E-state index contributed by atoms with van der Waals surface area (Å²) in [7, 11) is 0. The van der Waals surface area contributed by atoms with E-state index in [1.54, 1.807) is 0 Å². The summed E-state index contributed by atoms with van der Waals surface area (Å²) >= 11 is 4.42. The molecule has 0 aromatic heterocycles. The average molecular weight is 674 g/mol. The summed E-state index contributed by atoms with van der Waals surface area (Å²) in [6.07, 6.45) is 0. The molecule has 0 spiro atoms. The van der Waals surface area contributed by atoms with Crippen molar-refractivity contribution >= 4 is 38.2 Å². The van der Waals surface area contributed by atoms with Gasteiger partial charge in [0.05, 0.1) is 0 Å². The van der Waals surface area contributed by atoms with Crippen molar-refractivity contribution in [2.75, 3.05) is 0 Å². The second-order valence-corrected chi connectivity index (χ2v) is 14.5. The molecule has 0 N–H and O–H groups in total. The van der Waals surface area contributed by atoms with E-state index in [2.05, 4.69) is 144 Å². The molecule has 0 saturated carbocycles. The first-order chi connectivity index (χ1) is 21.7. The van der Waals surface area contributed by atoms with Gasteiger partial charge in [0.1, 0.15) is 16.0 Å². The number of halogens is 3. The van der Waals surface area contributed by atoms with Gasteiger partial charge < -0.3 is 0 Å². The van der Waals surface area contributed by atoms with E-state index in [0.29, 0.717) is 5.56 Å². The standard InChI is InChI=1S/C43H39BrF2/c1-24-9-25(2)14-32(13-24)39-40(33-15-26(3)10-27(4)16-33)42(35-21-37(45)23-38(46)22-35)43(44,36-19-30(7)12-31(8)20-36)41(39)34-17-28(5)11-29(6)18-34/h9-23H,1-8H3. The van der Waals surface area contributed by atoms with E-state index in [4.69, 9.17) is 0 Å². The lowest BCUT2D eigenvalue weighted by atomic mass is 9.79. The van der Waals surface area contributed by atoms with E-state index >= 15 is 8.78 Å². The van der Waals surface area contributed by atoms with Crippen LogP contribution in [0.3, 0.4) is 0 Å². The van der Waals surface area contributed by atoms with Gasteiger partial charge in [-0.2, -0.15) is 0 Å². The third-order valence-electron chi connectivity index (χ3n) is 8.74. The van der Waals surface area contributed by atoms with Crippen LogP contribution in [0.25, 0.3) is 22.3 Å². The van der Waals surface area contributed by atoms with Crippen molar-refractivity contribution in [1.29, 1.82) is 0 Å². The number of aryl methyl sites for hydroxylation is 8. The van der Waals surface area contributed by atoms with Crippen molar-refractivity contribution in [3.8, 4) is 0 Å². The summed E-state index contributed by atoms with van der Waals surface area (Å²) in [5.74, 6) is -1.21. The van der Waals surface area contributed by atoms with Crippen LogP contribution in [0.1, 0.15) is 72.3 Å². The van der Waals surface area contributed by atoms with E-state index in [9.17, 15) is 0 Å². The van der Waals surface area contributed by atoms with Gasteiger partial charge in [-0.05, 0) is 118 Å². The zero-order valence-corrected chi connectivity index (χ0v) is 29.4. The lowest BCUT2D eigenvalue weighted by molar-refractivity contribution is 0.582. The first-order valence-corrected chi connectivity index (χ1v) is 16.5. The van der Waals surface area contributed by atoms with Crippen molar-refractivity contribution in [3.63, 3.8) is 0 Å². The highest BCUT2D eigenvalue weighted by atomic mass is 79.9. The van der Waals surface area contributed by atoms with Crippen LogP contribution < -0.4 is 0 Å². The predicted molar refractivity (Wildman–Crippen MR) is 194 cm³/mol. The fraction of sp³-hybridized carbons (Fsp3) is 0.209. The molecular weight excluding hydrogens is 634 g/mol. The zero-order valence-electron chi connectivity index (χ0n) is 27.8. The summed E-state index contributed by atoms with van der Waals surface area (Å²) < 4.78 is 29.6. The molecule has 0 bridgehead atoms. The maximum absolute atomic E-state index is 15.3. The Balaban J connectivity index is 1.93. The highest BCUT2D eigenvalue weighted by Crippen LogP contribution is 2.65. The third kappa shape index (κ3) is 5.82. The summed E-state index contributed by atoms with van der Waals surface area (Å²) in [5, 5.41) is 0. The number of hydrogen-bond donors (Lipinski definition) is 0. The van der Waals surface area contributed by atoms with Crippen LogP contribution in [0.2, 0.25) is 0 Å². The normalized spacial score (nSPS) is 16.5. The predicted octanol–water partition coefficient (Wildman–Crippen LogP) is 12.3. The van der Waals surface area contributed by atoms with Gasteiger partial charge in [-0.3, -0.25) is 0 Å². The molecular formula is C43H39BrF2. The van der Waals surface area contributed by atoms with Gasteiger partial charge in [-0.1, -0.05) is 133 Å². The fourth-order valence-electron chi connectivity index (χ4n) is 7.50.